The van der Waals surface area contributed by atoms with Crippen LogP contribution >= 0.6 is 0 Å². The molecule has 0 bridgehead atoms. The van der Waals surface area contributed by atoms with Crippen LogP contribution < -0.4 is 5.73 Å². The van der Waals surface area contributed by atoms with Crippen LogP contribution in [0.15, 0.2) is 0 Å². The highest BCUT2D eigenvalue weighted by Gasteiger charge is 2.30. The molecule has 96 valence electrons. The summed E-state index contributed by atoms with van der Waals surface area (Å²) in [4.78, 5) is 2.27. The van der Waals surface area contributed by atoms with Crippen LogP contribution in [0, 0.1) is 0 Å². The van der Waals surface area contributed by atoms with Gasteiger partial charge in [-0.1, -0.05) is 6.42 Å². The quantitative estimate of drug-likeness (QED) is 0.775. The Morgan fingerprint density at radius 2 is 2.06 bits per heavy atom. The molecule has 0 aromatic carbocycles. The van der Waals surface area contributed by atoms with Crippen LogP contribution in [0.1, 0.15) is 32.1 Å². The molecule has 1 fully saturated rings. The Bertz CT molecular complexity index is 303. The Labute approximate surface area is 99.1 Å². The van der Waals surface area contributed by atoms with Gasteiger partial charge in [-0.15, -0.1) is 0 Å². The minimum atomic E-state index is -2.86. The fourth-order valence-electron chi connectivity index (χ4n) is 2.43. The maximum atomic E-state index is 11.5. The molecule has 5 heteroatoms. The fourth-order valence-corrected chi connectivity index (χ4v) is 3.60. The van der Waals surface area contributed by atoms with Gasteiger partial charge in [0.25, 0.3) is 0 Å². The molecule has 0 aliphatic heterocycles. The van der Waals surface area contributed by atoms with Crippen LogP contribution in [0.25, 0.3) is 0 Å². The molecule has 1 aliphatic carbocycles. The zero-order chi connectivity index (χ0) is 12.2. The molecule has 0 amide bonds. The molecule has 2 atom stereocenters. The Morgan fingerprint density at radius 3 is 2.62 bits per heavy atom. The first kappa shape index (κ1) is 13.9. The van der Waals surface area contributed by atoms with Crippen molar-refractivity contribution in [1.82, 2.24) is 4.90 Å². The van der Waals surface area contributed by atoms with E-state index in [-0.39, 0.29) is 5.25 Å². The standard InChI is InChI=1S/C11H24N2O2S/c1-13(8-4-7-12)10-5-3-6-11(9-10)16(2,14)15/h10-11H,3-9,12H2,1-2H3. The summed E-state index contributed by atoms with van der Waals surface area (Å²) in [6.45, 7) is 1.67. The first-order valence-corrected chi connectivity index (χ1v) is 7.99. The lowest BCUT2D eigenvalue weighted by molar-refractivity contribution is 0.192. The Hall–Kier alpha value is -0.130. The smallest absolute Gasteiger partial charge is 0.150 e. The van der Waals surface area contributed by atoms with Crippen molar-refractivity contribution in [3.63, 3.8) is 0 Å². The maximum Gasteiger partial charge on any atom is 0.150 e. The predicted molar refractivity (Wildman–Crippen MR) is 67.2 cm³/mol. The van der Waals surface area contributed by atoms with E-state index in [9.17, 15) is 8.42 Å². The minimum Gasteiger partial charge on any atom is -0.330 e. The Kier molecular flexibility index (Phi) is 5.21. The summed E-state index contributed by atoms with van der Waals surface area (Å²) in [7, 11) is -0.790. The number of rotatable bonds is 5. The van der Waals surface area contributed by atoms with Gasteiger partial charge >= 0.3 is 0 Å². The van der Waals surface area contributed by atoms with Gasteiger partial charge in [0.15, 0.2) is 0 Å². The molecule has 0 aromatic heterocycles. The lowest BCUT2D eigenvalue weighted by atomic mass is 9.94. The highest BCUT2D eigenvalue weighted by molar-refractivity contribution is 7.91. The molecule has 0 saturated heterocycles. The molecule has 0 radical (unpaired) electrons. The zero-order valence-corrected chi connectivity index (χ0v) is 11.2. The Morgan fingerprint density at radius 1 is 1.38 bits per heavy atom. The van der Waals surface area contributed by atoms with Crippen LogP contribution in [0.2, 0.25) is 0 Å². The van der Waals surface area contributed by atoms with E-state index in [4.69, 9.17) is 5.73 Å². The molecule has 0 heterocycles. The second-order valence-electron chi connectivity index (χ2n) is 4.89. The molecule has 2 N–H and O–H groups in total. The SMILES string of the molecule is CN(CCCN)C1CCCC(S(C)(=O)=O)C1. The van der Waals surface area contributed by atoms with Crippen molar-refractivity contribution >= 4 is 9.84 Å². The van der Waals surface area contributed by atoms with Gasteiger partial charge in [-0.2, -0.15) is 0 Å². The third kappa shape index (κ3) is 4.03. The van der Waals surface area contributed by atoms with E-state index < -0.39 is 9.84 Å². The molecule has 4 nitrogen and oxygen atoms in total. The highest BCUT2D eigenvalue weighted by atomic mass is 32.2. The summed E-state index contributed by atoms with van der Waals surface area (Å²) in [6, 6.07) is 0.417. The average Bonchev–Trinajstić information content (AvgIpc) is 2.25. The van der Waals surface area contributed by atoms with E-state index in [0.717, 1.165) is 38.6 Å². The predicted octanol–water partition coefficient (Wildman–Crippen LogP) is 0.623. The molecule has 2 unspecified atom stereocenters. The van der Waals surface area contributed by atoms with Crippen molar-refractivity contribution in [3.8, 4) is 0 Å². The van der Waals surface area contributed by atoms with Crippen LogP contribution in [0.3, 0.4) is 0 Å². The van der Waals surface area contributed by atoms with E-state index in [0.29, 0.717) is 12.6 Å². The molecule has 1 rings (SSSR count). The topological polar surface area (TPSA) is 63.4 Å². The third-order valence-corrected chi connectivity index (χ3v) is 5.18. The van der Waals surface area contributed by atoms with E-state index in [1.165, 1.54) is 6.26 Å². The summed E-state index contributed by atoms with van der Waals surface area (Å²) in [5, 5.41) is -0.133. The van der Waals surface area contributed by atoms with Crippen molar-refractivity contribution in [2.45, 2.75) is 43.4 Å². The molecule has 1 saturated carbocycles. The van der Waals surface area contributed by atoms with E-state index in [1.807, 2.05) is 0 Å². The van der Waals surface area contributed by atoms with Gasteiger partial charge in [0.05, 0.1) is 5.25 Å². The summed E-state index contributed by atoms with van der Waals surface area (Å²) in [5.74, 6) is 0. The summed E-state index contributed by atoms with van der Waals surface area (Å²) in [5.41, 5.74) is 5.48. The molecule has 16 heavy (non-hydrogen) atoms. The fraction of sp³-hybridized carbons (Fsp3) is 1.00. The number of hydrogen-bond acceptors (Lipinski definition) is 4. The lowest BCUT2D eigenvalue weighted by Crippen LogP contribution is -2.40. The maximum absolute atomic E-state index is 11.5. The van der Waals surface area contributed by atoms with Gasteiger partial charge in [-0.25, -0.2) is 8.42 Å². The zero-order valence-electron chi connectivity index (χ0n) is 10.4. The first-order valence-electron chi connectivity index (χ1n) is 6.04. The van der Waals surface area contributed by atoms with E-state index >= 15 is 0 Å². The lowest BCUT2D eigenvalue weighted by Gasteiger charge is -2.34. The van der Waals surface area contributed by atoms with Gasteiger partial charge in [-0.05, 0) is 45.8 Å². The molecular formula is C11H24N2O2S. The van der Waals surface area contributed by atoms with Gasteiger partial charge in [-0.3, -0.25) is 0 Å². The second-order valence-corrected chi connectivity index (χ2v) is 7.22. The van der Waals surface area contributed by atoms with Gasteiger partial charge in [0.2, 0.25) is 0 Å². The third-order valence-electron chi connectivity index (χ3n) is 3.54. The largest absolute Gasteiger partial charge is 0.330 e. The number of nitrogens with two attached hydrogens (primary N) is 1. The normalized spacial score (nSPS) is 27.2. The molecule has 0 aromatic rings. The second kappa shape index (κ2) is 5.98. The van der Waals surface area contributed by atoms with Gasteiger partial charge < -0.3 is 10.6 Å². The van der Waals surface area contributed by atoms with Crippen molar-refractivity contribution in [3.05, 3.63) is 0 Å². The summed E-state index contributed by atoms with van der Waals surface area (Å²) >= 11 is 0. The van der Waals surface area contributed by atoms with Gasteiger partial charge in [0, 0.05) is 12.3 Å². The van der Waals surface area contributed by atoms with Crippen LogP contribution in [0.4, 0.5) is 0 Å². The number of hydrogen-bond donors (Lipinski definition) is 1. The minimum absolute atomic E-state index is 0.133. The number of sulfone groups is 1. The average molecular weight is 248 g/mol. The van der Waals surface area contributed by atoms with Crippen LogP contribution in [-0.2, 0) is 9.84 Å². The number of nitrogens with zero attached hydrogens (tertiary/aromatic N) is 1. The summed E-state index contributed by atoms with van der Waals surface area (Å²) in [6.07, 6.45) is 6.11. The molecular weight excluding hydrogens is 224 g/mol. The van der Waals surface area contributed by atoms with Crippen LogP contribution in [-0.4, -0.2) is 51.0 Å². The Balaban J connectivity index is 2.50. The first-order chi connectivity index (χ1) is 7.45. The van der Waals surface area contributed by atoms with E-state index in [1.54, 1.807) is 0 Å². The van der Waals surface area contributed by atoms with Crippen molar-refractivity contribution in [1.29, 1.82) is 0 Å². The summed E-state index contributed by atoms with van der Waals surface area (Å²) < 4.78 is 23.1. The monoisotopic (exact) mass is 248 g/mol. The molecule has 1 aliphatic rings. The van der Waals surface area contributed by atoms with Crippen molar-refractivity contribution in [2.75, 3.05) is 26.4 Å². The van der Waals surface area contributed by atoms with Gasteiger partial charge in [0.1, 0.15) is 9.84 Å². The van der Waals surface area contributed by atoms with Crippen molar-refractivity contribution < 1.29 is 8.42 Å². The molecule has 0 spiro atoms. The van der Waals surface area contributed by atoms with Crippen molar-refractivity contribution in [2.24, 2.45) is 5.73 Å². The highest BCUT2D eigenvalue weighted by Crippen LogP contribution is 2.26. The van der Waals surface area contributed by atoms with E-state index in [2.05, 4.69) is 11.9 Å². The van der Waals surface area contributed by atoms with Crippen LogP contribution in [0.5, 0.6) is 0 Å².